The van der Waals surface area contributed by atoms with Gasteiger partial charge in [-0.15, -0.1) is 0 Å². The van der Waals surface area contributed by atoms with E-state index in [0.29, 0.717) is 12.1 Å². The standard InChI is InChI=1S/C20H24Cl2N2/c21-17-7-3-5-15(11-17)13-23-19-9-1-2-10-20(19)24-14-16-6-4-8-18(22)12-16/h3-8,11-12,19-20,23-24H,1-2,9-10,13-14H2. The highest BCUT2D eigenvalue weighted by molar-refractivity contribution is 6.30. The summed E-state index contributed by atoms with van der Waals surface area (Å²) in [6, 6.07) is 17.2. The van der Waals surface area contributed by atoms with E-state index in [9.17, 15) is 0 Å². The van der Waals surface area contributed by atoms with E-state index < -0.39 is 0 Å². The topological polar surface area (TPSA) is 24.1 Å². The first-order valence-corrected chi connectivity index (χ1v) is 9.42. The van der Waals surface area contributed by atoms with Gasteiger partial charge < -0.3 is 10.6 Å². The predicted octanol–water partition coefficient (Wildman–Crippen LogP) is 5.18. The van der Waals surface area contributed by atoms with Gasteiger partial charge in [0.05, 0.1) is 0 Å². The lowest BCUT2D eigenvalue weighted by molar-refractivity contribution is 0.281. The van der Waals surface area contributed by atoms with Crippen LogP contribution >= 0.6 is 23.2 Å². The van der Waals surface area contributed by atoms with E-state index in [1.165, 1.54) is 36.8 Å². The van der Waals surface area contributed by atoms with Gasteiger partial charge in [-0.2, -0.15) is 0 Å². The highest BCUT2D eigenvalue weighted by atomic mass is 35.5. The summed E-state index contributed by atoms with van der Waals surface area (Å²) in [5.74, 6) is 0. The molecule has 2 aromatic rings. The van der Waals surface area contributed by atoms with Gasteiger partial charge in [-0.25, -0.2) is 0 Å². The van der Waals surface area contributed by atoms with Crippen LogP contribution in [0.25, 0.3) is 0 Å². The second-order valence-corrected chi connectivity index (χ2v) is 7.39. The Labute approximate surface area is 154 Å². The van der Waals surface area contributed by atoms with Gasteiger partial charge in [-0.1, -0.05) is 60.3 Å². The first-order chi connectivity index (χ1) is 11.7. The van der Waals surface area contributed by atoms with Crippen molar-refractivity contribution in [2.24, 2.45) is 0 Å². The molecular formula is C20H24Cl2N2. The molecule has 0 spiro atoms. The molecule has 0 amide bonds. The average Bonchev–Trinajstić information content (AvgIpc) is 2.59. The molecular weight excluding hydrogens is 339 g/mol. The Balaban J connectivity index is 1.55. The molecule has 1 saturated carbocycles. The lowest BCUT2D eigenvalue weighted by atomic mass is 9.90. The molecule has 4 heteroatoms. The first-order valence-electron chi connectivity index (χ1n) is 8.66. The Morgan fingerprint density at radius 3 is 1.62 bits per heavy atom. The van der Waals surface area contributed by atoms with Crippen LogP contribution in [0.4, 0.5) is 0 Å². The van der Waals surface area contributed by atoms with Crippen molar-refractivity contribution in [3.05, 3.63) is 69.7 Å². The van der Waals surface area contributed by atoms with Crippen molar-refractivity contribution in [1.29, 1.82) is 0 Å². The van der Waals surface area contributed by atoms with Crippen molar-refractivity contribution in [3.63, 3.8) is 0 Å². The van der Waals surface area contributed by atoms with Crippen molar-refractivity contribution in [2.75, 3.05) is 0 Å². The molecule has 2 unspecified atom stereocenters. The van der Waals surface area contributed by atoms with Crippen molar-refractivity contribution >= 4 is 23.2 Å². The van der Waals surface area contributed by atoms with E-state index in [4.69, 9.17) is 23.2 Å². The van der Waals surface area contributed by atoms with Crippen LogP contribution in [0, 0.1) is 0 Å². The minimum Gasteiger partial charge on any atom is -0.308 e. The van der Waals surface area contributed by atoms with Gasteiger partial charge >= 0.3 is 0 Å². The molecule has 1 fully saturated rings. The van der Waals surface area contributed by atoms with Gasteiger partial charge in [0, 0.05) is 35.2 Å². The van der Waals surface area contributed by atoms with Crippen LogP contribution in [0.3, 0.4) is 0 Å². The van der Waals surface area contributed by atoms with Crippen LogP contribution in [-0.4, -0.2) is 12.1 Å². The van der Waals surface area contributed by atoms with Crippen molar-refractivity contribution in [2.45, 2.75) is 50.9 Å². The molecule has 2 aromatic carbocycles. The molecule has 0 radical (unpaired) electrons. The summed E-state index contributed by atoms with van der Waals surface area (Å²) in [6.07, 6.45) is 5.02. The number of rotatable bonds is 6. The number of benzene rings is 2. The molecule has 2 atom stereocenters. The maximum atomic E-state index is 6.07. The molecule has 0 heterocycles. The maximum Gasteiger partial charge on any atom is 0.0409 e. The highest BCUT2D eigenvalue weighted by Crippen LogP contribution is 2.20. The lowest BCUT2D eigenvalue weighted by Crippen LogP contribution is -2.49. The van der Waals surface area contributed by atoms with Crippen LogP contribution < -0.4 is 10.6 Å². The molecule has 0 aromatic heterocycles. The van der Waals surface area contributed by atoms with Crippen LogP contribution in [0.1, 0.15) is 36.8 Å². The van der Waals surface area contributed by atoms with Crippen molar-refractivity contribution in [1.82, 2.24) is 10.6 Å². The monoisotopic (exact) mass is 362 g/mol. The summed E-state index contributed by atoms with van der Waals surface area (Å²) in [4.78, 5) is 0. The summed E-state index contributed by atoms with van der Waals surface area (Å²) < 4.78 is 0. The Bertz CT molecular complexity index is 602. The molecule has 0 bridgehead atoms. The average molecular weight is 363 g/mol. The fourth-order valence-electron chi connectivity index (χ4n) is 3.41. The normalized spacial score (nSPS) is 20.9. The van der Waals surface area contributed by atoms with E-state index in [1.807, 2.05) is 36.4 Å². The number of nitrogens with one attached hydrogen (secondary N) is 2. The zero-order valence-electron chi connectivity index (χ0n) is 13.8. The molecule has 2 nitrogen and oxygen atoms in total. The molecule has 3 rings (SSSR count). The van der Waals surface area contributed by atoms with Gasteiger partial charge in [0.25, 0.3) is 0 Å². The summed E-state index contributed by atoms with van der Waals surface area (Å²) in [5, 5.41) is 9.03. The van der Waals surface area contributed by atoms with Gasteiger partial charge in [-0.05, 0) is 48.2 Å². The maximum absolute atomic E-state index is 6.07. The Morgan fingerprint density at radius 1 is 0.750 bits per heavy atom. The number of halogens is 2. The van der Waals surface area contributed by atoms with Gasteiger partial charge in [0.2, 0.25) is 0 Å². The van der Waals surface area contributed by atoms with Gasteiger partial charge in [0.15, 0.2) is 0 Å². The lowest BCUT2D eigenvalue weighted by Gasteiger charge is -2.33. The summed E-state index contributed by atoms with van der Waals surface area (Å²) >= 11 is 12.1. The minimum absolute atomic E-state index is 0.497. The van der Waals surface area contributed by atoms with Gasteiger partial charge in [-0.3, -0.25) is 0 Å². The fourth-order valence-corrected chi connectivity index (χ4v) is 3.84. The van der Waals surface area contributed by atoms with Crippen LogP contribution in [0.15, 0.2) is 48.5 Å². The Kier molecular flexibility index (Phi) is 6.56. The highest BCUT2D eigenvalue weighted by Gasteiger charge is 2.24. The van der Waals surface area contributed by atoms with E-state index >= 15 is 0 Å². The molecule has 0 saturated heterocycles. The molecule has 24 heavy (non-hydrogen) atoms. The number of hydrogen-bond donors (Lipinski definition) is 2. The number of hydrogen-bond acceptors (Lipinski definition) is 2. The zero-order valence-corrected chi connectivity index (χ0v) is 15.3. The summed E-state index contributed by atoms with van der Waals surface area (Å²) in [7, 11) is 0. The summed E-state index contributed by atoms with van der Waals surface area (Å²) in [6.45, 7) is 1.72. The largest absolute Gasteiger partial charge is 0.308 e. The fraction of sp³-hybridized carbons (Fsp3) is 0.400. The van der Waals surface area contributed by atoms with Crippen LogP contribution in [-0.2, 0) is 13.1 Å². The third-order valence-corrected chi connectivity index (χ3v) is 5.15. The van der Waals surface area contributed by atoms with Crippen molar-refractivity contribution < 1.29 is 0 Å². The molecule has 1 aliphatic carbocycles. The first kappa shape index (κ1) is 17.8. The third-order valence-electron chi connectivity index (χ3n) is 4.68. The zero-order chi connectivity index (χ0) is 16.8. The minimum atomic E-state index is 0.497. The van der Waals surface area contributed by atoms with Crippen LogP contribution in [0.5, 0.6) is 0 Å². The second-order valence-electron chi connectivity index (χ2n) is 6.52. The molecule has 0 aliphatic heterocycles. The van der Waals surface area contributed by atoms with E-state index in [2.05, 4.69) is 22.8 Å². The quantitative estimate of drug-likeness (QED) is 0.739. The van der Waals surface area contributed by atoms with E-state index in [0.717, 1.165) is 23.1 Å². The van der Waals surface area contributed by atoms with E-state index in [1.54, 1.807) is 0 Å². The van der Waals surface area contributed by atoms with Crippen molar-refractivity contribution in [3.8, 4) is 0 Å². The smallest absolute Gasteiger partial charge is 0.0409 e. The predicted molar refractivity (Wildman–Crippen MR) is 103 cm³/mol. The summed E-state index contributed by atoms with van der Waals surface area (Å²) in [5.41, 5.74) is 2.48. The second kappa shape index (κ2) is 8.87. The molecule has 1 aliphatic rings. The van der Waals surface area contributed by atoms with E-state index in [-0.39, 0.29) is 0 Å². The Hall–Kier alpha value is -1.06. The van der Waals surface area contributed by atoms with Crippen LogP contribution in [0.2, 0.25) is 10.0 Å². The molecule has 128 valence electrons. The molecule has 2 N–H and O–H groups in total. The third kappa shape index (κ3) is 5.22. The van der Waals surface area contributed by atoms with Gasteiger partial charge in [0.1, 0.15) is 0 Å². The Morgan fingerprint density at radius 2 is 1.21 bits per heavy atom. The SMILES string of the molecule is Clc1cccc(CNC2CCCCC2NCc2cccc(Cl)c2)c1.